The number of carbonyl (C=O) groups is 2. The molecule has 5 rings (SSSR count). The number of hydrogen-bond acceptors (Lipinski definition) is 5. The Morgan fingerprint density at radius 1 is 1.10 bits per heavy atom. The predicted molar refractivity (Wildman–Crippen MR) is 153 cm³/mol. The summed E-state index contributed by atoms with van der Waals surface area (Å²) in [6.07, 6.45) is 0.734. The second-order valence-corrected chi connectivity index (χ2v) is 11.6. The molecule has 4 aromatic rings. The molecular weight excluding hydrogens is 554 g/mol. The van der Waals surface area contributed by atoms with E-state index in [1.54, 1.807) is 60.8 Å². The van der Waals surface area contributed by atoms with Crippen LogP contribution in [0.5, 0.6) is 0 Å². The van der Waals surface area contributed by atoms with Crippen molar-refractivity contribution in [3.63, 3.8) is 0 Å². The molecule has 0 bridgehead atoms. The molecule has 1 fully saturated rings. The first-order chi connectivity index (χ1) is 19.4. The van der Waals surface area contributed by atoms with Gasteiger partial charge in [-0.05, 0) is 90.0 Å². The normalized spacial score (nSPS) is 17.5. The van der Waals surface area contributed by atoms with Crippen LogP contribution in [-0.4, -0.2) is 40.3 Å². The summed E-state index contributed by atoms with van der Waals surface area (Å²) in [4.78, 5) is 31.2. The van der Waals surface area contributed by atoms with Crippen LogP contribution in [-0.2, 0) is 17.4 Å². The highest BCUT2D eigenvalue weighted by atomic mass is 32.1. The topological polar surface area (TPSA) is 76.3 Å². The lowest BCUT2D eigenvalue weighted by atomic mass is 9.99. The number of allylic oxidation sites excluding steroid dienone is 1. The molecule has 1 atom stereocenters. The van der Waals surface area contributed by atoms with Crippen molar-refractivity contribution in [2.45, 2.75) is 38.0 Å². The highest BCUT2D eigenvalue weighted by Crippen LogP contribution is 2.42. The lowest BCUT2D eigenvalue weighted by Gasteiger charge is -2.18. The van der Waals surface area contributed by atoms with Crippen LogP contribution in [0.2, 0.25) is 0 Å². The van der Waals surface area contributed by atoms with E-state index in [4.69, 9.17) is 5.73 Å². The summed E-state index contributed by atoms with van der Waals surface area (Å²) >= 11 is 1.03. The van der Waals surface area contributed by atoms with Crippen LogP contribution in [0, 0.1) is 0 Å². The third kappa shape index (κ3) is 6.65. The quantitative estimate of drug-likeness (QED) is 0.183. The van der Waals surface area contributed by atoms with E-state index in [2.05, 4.69) is 4.98 Å². The minimum Gasteiger partial charge on any atom is -0.384 e. The van der Waals surface area contributed by atoms with E-state index in [9.17, 15) is 27.2 Å². The molecule has 0 saturated carbocycles. The lowest BCUT2D eigenvalue weighted by molar-refractivity contribution is -0.136. The highest BCUT2D eigenvalue weighted by molar-refractivity contribution is 7.19. The number of nitrogens with zero attached hydrogens (tertiary/aromatic N) is 2. The fraction of sp³-hybridized carbons (Fsp3) is 0.258. The molecule has 5 nitrogen and oxygen atoms in total. The summed E-state index contributed by atoms with van der Waals surface area (Å²) < 4.78 is 56.5. The van der Waals surface area contributed by atoms with Crippen molar-refractivity contribution in [3.05, 3.63) is 88.4 Å². The first-order valence-electron chi connectivity index (χ1n) is 13.0. The van der Waals surface area contributed by atoms with Crippen molar-refractivity contribution < 1.29 is 27.2 Å². The van der Waals surface area contributed by atoms with E-state index in [0.29, 0.717) is 51.3 Å². The number of fused-ring (bicyclic) bond motifs is 1. The maximum absolute atomic E-state index is 14.2. The monoisotopic (exact) mass is 581 g/mol. The van der Waals surface area contributed by atoms with Gasteiger partial charge in [0.1, 0.15) is 11.5 Å². The number of nitrogen functional groups attached to an aromatic ring is 1. The maximum Gasteiger partial charge on any atom is 0.417 e. The lowest BCUT2D eigenvalue weighted by Crippen LogP contribution is -2.31. The van der Waals surface area contributed by atoms with Gasteiger partial charge in [-0.25, -0.2) is 9.37 Å². The molecule has 3 heterocycles. The molecule has 0 radical (unpaired) electrons. The summed E-state index contributed by atoms with van der Waals surface area (Å²) in [6, 6.07) is 14.2. The summed E-state index contributed by atoms with van der Waals surface area (Å²) in [5.41, 5.74) is 5.35. The number of aryl methyl sites for hydroxylation is 1. The van der Waals surface area contributed by atoms with Gasteiger partial charge < -0.3 is 10.6 Å². The van der Waals surface area contributed by atoms with Crippen LogP contribution in [0.1, 0.15) is 46.1 Å². The van der Waals surface area contributed by atoms with Crippen molar-refractivity contribution in [2.75, 3.05) is 18.8 Å². The van der Waals surface area contributed by atoms with Gasteiger partial charge >= 0.3 is 6.18 Å². The minimum atomic E-state index is -4.58. The number of aromatic nitrogens is 1. The molecule has 1 amide bonds. The smallest absolute Gasteiger partial charge is 0.384 e. The average molecular weight is 582 g/mol. The molecule has 1 unspecified atom stereocenters. The maximum atomic E-state index is 14.2. The predicted octanol–water partition coefficient (Wildman–Crippen LogP) is 7.35. The Balaban J connectivity index is 1.34. The molecule has 10 heteroatoms. The standard InChI is InChI=1S/C31H27F4N3O2S/c1-30(32)12-13-38(18-30)29(40)21-6-4-20(5-7-21)22-14-23-15-25(41-28(23)26(16-22)31(33,34)35)10-9-24(39)8-2-19-3-11-27(36)37-17-19/h2-8,11,14-17H,9-10,12-13,18H2,1H3,(H2,36,37)/b8-2+. The van der Waals surface area contributed by atoms with Gasteiger partial charge in [0.2, 0.25) is 0 Å². The van der Waals surface area contributed by atoms with E-state index in [0.717, 1.165) is 17.4 Å². The number of rotatable bonds is 7. The molecule has 1 aliphatic heterocycles. The number of amides is 1. The average Bonchev–Trinajstić information content (AvgIpc) is 3.52. The van der Waals surface area contributed by atoms with Crippen LogP contribution in [0.3, 0.4) is 0 Å². The second kappa shape index (κ2) is 11.1. The first kappa shape index (κ1) is 28.5. The van der Waals surface area contributed by atoms with Crippen molar-refractivity contribution in [2.24, 2.45) is 0 Å². The molecular formula is C31H27F4N3O2S. The first-order valence-corrected chi connectivity index (χ1v) is 13.8. The third-order valence-corrected chi connectivity index (χ3v) is 8.28. The van der Waals surface area contributed by atoms with Crippen molar-refractivity contribution in [3.8, 4) is 11.1 Å². The molecule has 41 heavy (non-hydrogen) atoms. The van der Waals surface area contributed by atoms with Crippen molar-refractivity contribution in [1.29, 1.82) is 0 Å². The molecule has 2 aromatic carbocycles. The Labute approximate surface area is 238 Å². The van der Waals surface area contributed by atoms with Gasteiger partial charge in [-0.2, -0.15) is 13.2 Å². The van der Waals surface area contributed by atoms with E-state index in [1.165, 1.54) is 17.9 Å². The van der Waals surface area contributed by atoms with Gasteiger partial charge in [0, 0.05) is 40.7 Å². The van der Waals surface area contributed by atoms with Gasteiger partial charge in [-0.15, -0.1) is 11.3 Å². The number of nitrogens with two attached hydrogens (primary N) is 1. The molecule has 1 aliphatic rings. The number of hydrogen-bond donors (Lipinski definition) is 1. The number of benzene rings is 2. The number of anilines is 1. The van der Waals surface area contributed by atoms with Gasteiger partial charge in [0.15, 0.2) is 5.78 Å². The summed E-state index contributed by atoms with van der Waals surface area (Å²) in [5, 5.41) is 0.435. The minimum absolute atomic E-state index is 0.0155. The molecule has 0 spiro atoms. The Hall–Kier alpha value is -4.05. The molecule has 212 valence electrons. The van der Waals surface area contributed by atoms with Gasteiger partial charge in [-0.3, -0.25) is 9.59 Å². The summed E-state index contributed by atoms with van der Waals surface area (Å²) in [6.45, 7) is 1.80. The van der Waals surface area contributed by atoms with Gasteiger partial charge in [0.05, 0.1) is 12.1 Å². The van der Waals surface area contributed by atoms with Crippen LogP contribution < -0.4 is 5.73 Å². The van der Waals surface area contributed by atoms with E-state index in [1.807, 2.05) is 0 Å². The van der Waals surface area contributed by atoms with Crippen molar-refractivity contribution >= 4 is 45.0 Å². The number of ketones is 1. The zero-order valence-corrected chi connectivity index (χ0v) is 23.0. The second-order valence-electron chi connectivity index (χ2n) is 10.4. The summed E-state index contributed by atoms with van der Waals surface area (Å²) in [7, 11) is 0. The van der Waals surface area contributed by atoms with Crippen LogP contribution in [0.4, 0.5) is 23.4 Å². The number of thiophene rings is 1. The number of carbonyl (C=O) groups excluding carboxylic acids is 2. The number of pyridine rings is 1. The molecule has 2 aromatic heterocycles. The zero-order chi connectivity index (χ0) is 29.4. The van der Waals surface area contributed by atoms with E-state index in [-0.39, 0.29) is 35.8 Å². The summed E-state index contributed by atoms with van der Waals surface area (Å²) in [5.74, 6) is -0.0895. The fourth-order valence-corrected chi connectivity index (χ4v) is 6.00. The van der Waals surface area contributed by atoms with Gasteiger partial charge in [-0.1, -0.05) is 12.1 Å². The van der Waals surface area contributed by atoms with Crippen LogP contribution in [0.15, 0.2) is 66.9 Å². The fourth-order valence-electron chi connectivity index (χ4n) is 4.83. The van der Waals surface area contributed by atoms with E-state index >= 15 is 0 Å². The zero-order valence-electron chi connectivity index (χ0n) is 22.2. The van der Waals surface area contributed by atoms with Crippen molar-refractivity contribution in [1.82, 2.24) is 9.88 Å². The molecule has 1 saturated heterocycles. The molecule has 0 aliphatic carbocycles. The Morgan fingerprint density at radius 3 is 2.49 bits per heavy atom. The Bertz CT molecular complexity index is 1620. The third-order valence-electron chi connectivity index (χ3n) is 7.04. The Kier molecular flexibility index (Phi) is 7.70. The van der Waals surface area contributed by atoms with Crippen LogP contribution >= 0.6 is 11.3 Å². The number of halogens is 4. The van der Waals surface area contributed by atoms with E-state index < -0.39 is 17.4 Å². The molecule has 2 N–H and O–H groups in total. The number of likely N-dealkylation sites (tertiary alicyclic amines) is 1. The van der Waals surface area contributed by atoms with Crippen LogP contribution in [0.25, 0.3) is 27.3 Å². The highest BCUT2D eigenvalue weighted by Gasteiger charge is 2.36. The largest absolute Gasteiger partial charge is 0.417 e. The Morgan fingerprint density at radius 2 is 1.85 bits per heavy atom. The van der Waals surface area contributed by atoms with Gasteiger partial charge in [0.25, 0.3) is 5.91 Å². The SMILES string of the molecule is CC1(F)CCN(C(=O)c2ccc(-c3cc(C(F)(F)F)c4sc(CCC(=O)/C=C/c5ccc(N)nc5)cc4c3)cc2)C1. The number of alkyl halides is 4.